The molecule has 0 aliphatic carbocycles. The zero-order valence-corrected chi connectivity index (χ0v) is 23.7. The molecule has 9 heteroatoms. The summed E-state index contributed by atoms with van der Waals surface area (Å²) in [6.45, 7) is 6.46. The molecule has 5 aromatic rings. The molecule has 0 fully saturated rings. The monoisotopic (exact) mass is 589 g/mol. The average molecular weight is 590 g/mol. The van der Waals surface area contributed by atoms with E-state index in [4.69, 9.17) is 23.6 Å². The van der Waals surface area contributed by atoms with Crippen LogP contribution in [0.5, 0.6) is 17.2 Å². The summed E-state index contributed by atoms with van der Waals surface area (Å²) in [5.41, 5.74) is 1.54. The maximum Gasteiger partial charge on any atom is 0.282 e. The van der Waals surface area contributed by atoms with Gasteiger partial charge in [-0.3, -0.25) is 4.79 Å². The predicted octanol–water partition coefficient (Wildman–Crippen LogP) is 7.04. The van der Waals surface area contributed by atoms with Crippen LogP contribution in [0.2, 0.25) is 0 Å². The smallest absolute Gasteiger partial charge is 0.282 e. The van der Waals surface area contributed by atoms with Gasteiger partial charge in [0, 0.05) is 10.0 Å². The first-order valence-electron chi connectivity index (χ1n) is 12.7. The Labute approximate surface area is 234 Å². The fourth-order valence-corrected chi connectivity index (χ4v) is 4.57. The van der Waals surface area contributed by atoms with Gasteiger partial charge >= 0.3 is 0 Å². The van der Waals surface area contributed by atoms with Gasteiger partial charge in [-0.05, 0) is 78.7 Å². The van der Waals surface area contributed by atoms with E-state index in [1.165, 1.54) is 4.68 Å². The molecule has 0 bridgehead atoms. The summed E-state index contributed by atoms with van der Waals surface area (Å²) < 4.78 is 25.5. The third-order valence-electron chi connectivity index (χ3n) is 6.29. The molecule has 200 valence electrons. The van der Waals surface area contributed by atoms with Crippen LogP contribution in [0.15, 0.2) is 79.4 Å². The van der Waals surface area contributed by atoms with E-state index in [9.17, 15) is 4.79 Å². The Kier molecular flexibility index (Phi) is 7.70. The second-order valence-corrected chi connectivity index (χ2v) is 9.74. The van der Waals surface area contributed by atoms with Crippen molar-refractivity contribution in [2.45, 2.75) is 33.3 Å². The largest absolute Gasteiger partial charge is 0.496 e. The first-order chi connectivity index (χ1) is 18.9. The van der Waals surface area contributed by atoms with E-state index in [0.29, 0.717) is 51.7 Å². The average Bonchev–Trinajstić information content (AvgIpc) is 3.39. The van der Waals surface area contributed by atoms with Crippen molar-refractivity contribution in [3.05, 3.63) is 81.1 Å². The van der Waals surface area contributed by atoms with Gasteiger partial charge in [0.15, 0.2) is 17.3 Å². The van der Waals surface area contributed by atoms with Crippen LogP contribution >= 0.6 is 15.9 Å². The SMILES string of the molecule is CCOc1cc(C=Nn2c(-c3cc4c(OC)cccc4o3)nc3ccccc3c2=O)c(Br)cc1O[C@H](C)CC. The number of nitrogens with zero attached hydrogens (tertiary/aromatic N) is 3. The van der Waals surface area contributed by atoms with Gasteiger partial charge in [-0.2, -0.15) is 9.78 Å². The van der Waals surface area contributed by atoms with Crippen molar-refractivity contribution >= 4 is 44.0 Å². The van der Waals surface area contributed by atoms with E-state index >= 15 is 0 Å². The molecule has 0 amide bonds. The van der Waals surface area contributed by atoms with Gasteiger partial charge in [0.05, 0.1) is 42.3 Å². The standard InChI is InChI=1S/C30H28BrN3O5/c1-5-18(3)38-27-16-22(31)19(14-26(27)37-6-2)17-32-34-29(33-23-11-8-7-10-20(23)30(34)35)28-15-21-24(36-4)12-9-13-25(21)39-28/h7-18H,5-6H2,1-4H3/t18-/m1/s1. The second-order valence-electron chi connectivity index (χ2n) is 8.89. The minimum Gasteiger partial charge on any atom is -0.496 e. The molecule has 0 aliphatic rings. The van der Waals surface area contributed by atoms with E-state index < -0.39 is 0 Å². The molecule has 0 saturated carbocycles. The molecule has 0 aliphatic heterocycles. The van der Waals surface area contributed by atoms with Gasteiger partial charge in [0.25, 0.3) is 5.56 Å². The van der Waals surface area contributed by atoms with Gasteiger partial charge in [-0.25, -0.2) is 4.98 Å². The normalized spacial score (nSPS) is 12.3. The number of ether oxygens (including phenoxy) is 3. The van der Waals surface area contributed by atoms with E-state index in [2.05, 4.69) is 28.0 Å². The molecule has 3 aromatic carbocycles. The summed E-state index contributed by atoms with van der Waals surface area (Å²) in [6.07, 6.45) is 2.48. The van der Waals surface area contributed by atoms with E-state index in [0.717, 1.165) is 16.3 Å². The van der Waals surface area contributed by atoms with Crippen molar-refractivity contribution in [1.29, 1.82) is 0 Å². The van der Waals surface area contributed by atoms with Crippen molar-refractivity contribution in [3.8, 4) is 28.8 Å². The lowest BCUT2D eigenvalue weighted by molar-refractivity contribution is 0.203. The quantitative estimate of drug-likeness (QED) is 0.171. The van der Waals surface area contributed by atoms with Crippen molar-refractivity contribution in [1.82, 2.24) is 9.66 Å². The summed E-state index contributed by atoms with van der Waals surface area (Å²) in [6, 6.07) is 18.2. The second kappa shape index (κ2) is 11.3. The molecule has 2 aromatic heterocycles. The molecule has 0 spiro atoms. The van der Waals surface area contributed by atoms with Gasteiger partial charge in [-0.1, -0.05) is 25.1 Å². The number of fused-ring (bicyclic) bond motifs is 2. The maximum atomic E-state index is 13.6. The predicted molar refractivity (Wildman–Crippen MR) is 156 cm³/mol. The van der Waals surface area contributed by atoms with Crippen LogP contribution in [0, 0.1) is 0 Å². The summed E-state index contributed by atoms with van der Waals surface area (Å²) in [7, 11) is 1.60. The number of rotatable bonds is 9. The van der Waals surface area contributed by atoms with Crippen molar-refractivity contribution in [2.75, 3.05) is 13.7 Å². The van der Waals surface area contributed by atoms with Crippen LogP contribution in [0.3, 0.4) is 0 Å². The van der Waals surface area contributed by atoms with Gasteiger partial charge in [0.1, 0.15) is 11.3 Å². The number of aromatic nitrogens is 2. The molecule has 0 radical (unpaired) electrons. The molecule has 1 atom stereocenters. The summed E-state index contributed by atoms with van der Waals surface area (Å²) in [5.74, 6) is 2.55. The van der Waals surface area contributed by atoms with Crippen LogP contribution in [-0.4, -0.2) is 35.7 Å². The number of methoxy groups -OCH3 is 1. The van der Waals surface area contributed by atoms with Gasteiger partial charge in [0.2, 0.25) is 5.82 Å². The molecule has 5 rings (SSSR count). The molecule has 8 nitrogen and oxygen atoms in total. The number of furan rings is 1. The highest BCUT2D eigenvalue weighted by atomic mass is 79.9. The lowest BCUT2D eigenvalue weighted by Gasteiger charge is -2.17. The van der Waals surface area contributed by atoms with Gasteiger partial charge in [-0.15, -0.1) is 0 Å². The van der Waals surface area contributed by atoms with Crippen molar-refractivity contribution in [3.63, 3.8) is 0 Å². The van der Waals surface area contributed by atoms with E-state index in [1.807, 2.05) is 50.2 Å². The third kappa shape index (κ3) is 5.27. The first kappa shape index (κ1) is 26.5. The Morgan fingerprint density at radius 3 is 2.64 bits per heavy atom. The zero-order valence-electron chi connectivity index (χ0n) is 22.1. The molecule has 0 saturated heterocycles. The Balaban J connectivity index is 1.66. The molecule has 0 unspecified atom stereocenters. The summed E-state index contributed by atoms with van der Waals surface area (Å²) in [5, 5.41) is 5.80. The Morgan fingerprint density at radius 2 is 1.87 bits per heavy atom. The third-order valence-corrected chi connectivity index (χ3v) is 6.98. The highest BCUT2D eigenvalue weighted by Gasteiger charge is 2.18. The van der Waals surface area contributed by atoms with Crippen LogP contribution in [0.1, 0.15) is 32.8 Å². The minimum absolute atomic E-state index is 0.0304. The number of hydrogen-bond donors (Lipinski definition) is 0. The number of halogens is 1. The summed E-state index contributed by atoms with van der Waals surface area (Å²) in [4.78, 5) is 18.4. The molecular weight excluding hydrogens is 562 g/mol. The van der Waals surface area contributed by atoms with Crippen molar-refractivity contribution in [2.24, 2.45) is 5.10 Å². The van der Waals surface area contributed by atoms with E-state index in [1.54, 1.807) is 37.6 Å². The van der Waals surface area contributed by atoms with Gasteiger partial charge < -0.3 is 18.6 Å². The first-order valence-corrected chi connectivity index (χ1v) is 13.5. The minimum atomic E-state index is -0.322. The van der Waals surface area contributed by atoms with Crippen molar-refractivity contribution < 1.29 is 18.6 Å². The van der Waals surface area contributed by atoms with Crippen LogP contribution in [0.25, 0.3) is 33.5 Å². The number of hydrogen-bond acceptors (Lipinski definition) is 7. The molecule has 2 heterocycles. The lowest BCUT2D eigenvalue weighted by atomic mass is 10.2. The highest BCUT2D eigenvalue weighted by molar-refractivity contribution is 9.10. The maximum absolute atomic E-state index is 13.6. The molecular formula is C30H28BrN3O5. The number of benzene rings is 3. The Morgan fingerprint density at radius 1 is 1.05 bits per heavy atom. The van der Waals surface area contributed by atoms with Crippen LogP contribution in [0.4, 0.5) is 0 Å². The highest BCUT2D eigenvalue weighted by Crippen LogP contribution is 2.35. The fourth-order valence-electron chi connectivity index (χ4n) is 4.14. The number of para-hydroxylation sites is 1. The Bertz CT molecular complexity index is 1740. The topological polar surface area (TPSA) is 88.1 Å². The zero-order chi connectivity index (χ0) is 27.5. The Hall–Kier alpha value is -4.11. The lowest BCUT2D eigenvalue weighted by Crippen LogP contribution is -2.20. The van der Waals surface area contributed by atoms with E-state index in [-0.39, 0.29) is 17.5 Å². The molecule has 0 N–H and O–H groups in total. The molecule has 39 heavy (non-hydrogen) atoms. The van der Waals surface area contributed by atoms with Crippen LogP contribution in [-0.2, 0) is 0 Å². The fraction of sp³-hybridized carbons (Fsp3) is 0.233. The van der Waals surface area contributed by atoms with Crippen LogP contribution < -0.4 is 19.8 Å². The summed E-state index contributed by atoms with van der Waals surface area (Å²) >= 11 is 3.62.